The van der Waals surface area contributed by atoms with Crippen LogP contribution in [0, 0.1) is 0 Å². The molecule has 0 spiro atoms. The fraction of sp³-hybridized carbons (Fsp3) is 0. The molecule has 0 saturated carbocycles. The van der Waals surface area contributed by atoms with Crippen molar-refractivity contribution in [2.45, 2.75) is 0 Å². The van der Waals surface area contributed by atoms with Crippen molar-refractivity contribution in [2.24, 2.45) is 0 Å². The van der Waals surface area contributed by atoms with E-state index >= 15 is 0 Å². The first kappa shape index (κ1) is 18.3. The summed E-state index contributed by atoms with van der Waals surface area (Å²) < 4.78 is 33.4. The summed E-state index contributed by atoms with van der Waals surface area (Å²) in [5, 5.41) is 1.34. The summed E-state index contributed by atoms with van der Waals surface area (Å²) in [6.07, 6.45) is 0. The molecule has 0 heterocycles. The minimum absolute atomic E-state index is 0.0418. The van der Waals surface area contributed by atoms with Gasteiger partial charge in [0, 0.05) is 0 Å². The van der Waals surface area contributed by atoms with E-state index in [9.17, 15) is 7.35 Å². The molecule has 0 atom stereocenters. The zero-order chi connectivity index (χ0) is 18.1. The summed E-state index contributed by atoms with van der Waals surface area (Å²) in [6.45, 7) is 0. The van der Waals surface area contributed by atoms with Crippen molar-refractivity contribution in [3.63, 3.8) is 0 Å². The van der Waals surface area contributed by atoms with Crippen molar-refractivity contribution in [2.75, 3.05) is 0 Å². The Morgan fingerprint density at radius 1 is 0.560 bits per heavy atom. The van der Waals surface area contributed by atoms with Crippen LogP contribution in [0.5, 0.6) is 5.75 Å². The van der Waals surface area contributed by atoms with Crippen molar-refractivity contribution in [3.8, 4) is 5.75 Å². The van der Waals surface area contributed by atoms with Crippen LogP contribution in [0.25, 0.3) is 0 Å². The van der Waals surface area contributed by atoms with Crippen LogP contribution < -0.4 is 12.2 Å². The predicted octanol–water partition coefficient (Wildman–Crippen LogP) is 4.97. The van der Waals surface area contributed by atoms with Crippen LogP contribution in [0.1, 0.15) is 0 Å². The van der Waals surface area contributed by atoms with E-state index in [0.29, 0.717) is 15.1 Å². The molecule has 0 aliphatic rings. The van der Waals surface area contributed by atoms with Gasteiger partial charge in [0.15, 0.2) is 0 Å². The summed E-state index contributed by atoms with van der Waals surface area (Å²) in [5.41, 5.74) is 0. The molecular weight excluding hydrogens is 421 g/mol. The summed E-state index contributed by atoms with van der Waals surface area (Å²) in [5.74, 6) is 0.172. The molecule has 0 aromatic heterocycles. The van der Waals surface area contributed by atoms with Crippen LogP contribution in [-0.4, -0.2) is 0 Å². The van der Waals surface area contributed by atoms with Crippen molar-refractivity contribution >= 4 is 43.4 Å². The van der Waals surface area contributed by atoms with Gasteiger partial charge in [-0.15, -0.1) is 0 Å². The topological polar surface area (TPSA) is 43.4 Å². The van der Waals surface area contributed by atoms with Gasteiger partial charge in [-0.25, -0.2) is 0 Å². The van der Waals surface area contributed by atoms with Gasteiger partial charge >= 0.3 is 161 Å². The monoisotopic (exact) mass is 432 g/mol. The third kappa shape index (κ3) is 3.71. The molecule has 3 rings (SSSR count). The third-order valence-corrected chi connectivity index (χ3v) is 8.94. The maximum atomic E-state index is 13.8. The van der Waals surface area contributed by atoms with E-state index in [1.165, 1.54) is 60.7 Å². The molecule has 3 aromatic rings. The summed E-state index contributed by atoms with van der Waals surface area (Å²) in [4.78, 5) is 0. The van der Waals surface area contributed by atoms with E-state index in [4.69, 9.17) is 38.5 Å². The van der Waals surface area contributed by atoms with E-state index in [2.05, 4.69) is 0 Å². The number of benzene rings is 3. The number of halogens is 3. The van der Waals surface area contributed by atoms with Crippen LogP contribution in [0.4, 0.5) is 0 Å². The molecule has 25 heavy (non-hydrogen) atoms. The Morgan fingerprint density at radius 2 is 0.880 bits per heavy atom. The van der Waals surface area contributed by atoms with E-state index in [-0.39, 0.29) is 14.3 Å². The maximum absolute atomic E-state index is 13.8. The van der Waals surface area contributed by atoms with E-state index in [1.807, 2.05) is 0 Å². The molecule has 3 nitrogen and oxygen atoms in total. The predicted molar refractivity (Wildman–Crippen MR) is 95.6 cm³/mol. The first-order chi connectivity index (χ1) is 11.8. The quantitative estimate of drug-likeness (QED) is 0.583. The summed E-state index contributed by atoms with van der Waals surface area (Å²) >= 11 is 11.5. The standard InChI is InChI=1S/C6H5ClO.2C6H4Cl.2O.V/c7-5-1-3-6(8)4-2-5;2*7-6-4-2-1-3-5-6;;;/h1-4,8H;2*2-5H;;;/q;;;;;+1/p-1. The Kier molecular flexibility index (Phi) is 4.89. The van der Waals surface area contributed by atoms with E-state index in [0.717, 1.165) is 0 Å². The molecule has 0 fully saturated rings. The van der Waals surface area contributed by atoms with Crippen LogP contribution in [-0.2, 0) is 20.5 Å². The molecule has 0 saturated heterocycles. The molecule has 7 heteroatoms. The number of rotatable bonds is 4. The molecule has 0 aliphatic carbocycles. The molecule has 0 unspecified atom stereocenters. The van der Waals surface area contributed by atoms with Crippen LogP contribution in [0.2, 0.25) is 15.1 Å². The van der Waals surface area contributed by atoms with Gasteiger partial charge < -0.3 is 0 Å². The van der Waals surface area contributed by atoms with Gasteiger partial charge in [0.1, 0.15) is 0 Å². The van der Waals surface area contributed by atoms with Gasteiger partial charge in [-0.05, 0) is 0 Å². The van der Waals surface area contributed by atoms with Gasteiger partial charge in [-0.3, -0.25) is 0 Å². The van der Waals surface area contributed by atoms with E-state index in [1.54, 1.807) is 12.1 Å². The second-order valence-electron chi connectivity index (χ2n) is 5.38. The van der Waals surface area contributed by atoms with Crippen LogP contribution in [0.15, 0.2) is 72.8 Å². The molecule has 0 N–H and O–H groups in total. The van der Waals surface area contributed by atoms with Gasteiger partial charge in [0.2, 0.25) is 0 Å². The van der Waals surface area contributed by atoms with Crippen molar-refractivity contribution < 1.29 is 24.1 Å². The van der Waals surface area contributed by atoms with Gasteiger partial charge in [-0.2, -0.15) is 0 Å². The molecule has 0 bridgehead atoms. The zero-order valence-corrected chi connectivity index (χ0v) is 16.4. The number of hydrogen-bond acceptors (Lipinski definition) is 3. The van der Waals surface area contributed by atoms with Gasteiger partial charge in [-0.1, -0.05) is 0 Å². The Balaban J connectivity index is 2.22. The summed E-state index contributed by atoms with van der Waals surface area (Å²) in [6, 6.07) is 17.9. The SMILES string of the molecule is [O]=[V](=[O])([O]c1ccc(Cl)cc1)([c]1ccc(Cl)cc1)[c]1ccc(Cl)cc1. The minimum atomic E-state index is -6.13. The zero-order valence-electron chi connectivity index (χ0n) is 12.7. The fourth-order valence-electron chi connectivity index (χ4n) is 2.34. The van der Waals surface area contributed by atoms with Gasteiger partial charge in [0.25, 0.3) is 0 Å². The molecule has 0 aliphatic heterocycles. The third-order valence-electron chi connectivity index (χ3n) is 3.63. The van der Waals surface area contributed by atoms with E-state index < -0.39 is 13.1 Å². The van der Waals surface area contributed by atoms with Crippen molar-refractivity contribution in [3.05, 3.63) is 87.9 Å². The Labute approximate surface area is 160 Å². The van der Waals surface area contributed by atoms with Crippen molar-refractivity contribution in [1.29, 1.82) is 0 Å². The Bertz CT molecular complexity index is 969. The first-order valence-electron chi connectivity index (χ1n) is 7.23. The number of hydrogen-bond donors (Lipinski definition) is 0. The average molecular weight is 434 g/mol. The average Bonchev–Trinajstić information content (AvgIpc) is 2.58. The Hall–Kier alpha value is -1.49. The molecular formula is C18H12Cl3O3V. The van der Waals surface area contributed by atoms with Crippen LogP contribution in [0.3, 0.4) is 0 Å². The van der Waals surface area contributed by atoms with Crippen molar-refractivity contribution in [1.82, 2.24) is 0 Å². The van der Waals surface area contributed by atoms with Gasteiger partial charge in [0.05, 0.1) is 0 Å². The second-order valence-corrected chi connectivity index (χ2v) is 11.3. The molecule has 0 amide bonds. The second kappa shape index (κ2) is 6.67. The first-order valence-corrected chi connectivity index (χ1v) is 11.5. The summed E-state index contributed by atoms with van der Waals surface area (Å²) in [7, 11) is 0. The Morgan fingerprint density at radius 3 is 1.24 bits per heavy atom. The molecule has 0 radical (unpaired) electrons. The fourth-order valence-corrected chi connectivity index (χ4v) is 6.37. The van der Waals surface area contributed by atoms with Crippen LogP contribution >= 0.6 is 34.8 Å². The molecule has 3 aromatic carbocycles. The normalized spacial score (nSPS) is 12.0. The molecule has 128 valence electrons.